The van der Waals surface area contributed by atoms with E-state index in [4.69, 9.17) is 5.11 Å². The van der Waals surface area contributed by atoms with Crippen molar-refractivity contribution in [3.05, 3.63) is 106 Å². The van der Waals surface area contributed by atoms with Crippen LogP contribution in [0.2, 0.25) is 0 Å². The Morgan fingerprint density at radius 3 is 2.15 bits per heavy atom. The maximum absolute atomic E-state index is 13.8. The summed E-state index contributed by atoms with van der Waals surface area (Å²) in [6.45, 7) is 0.307. The number of benzene rings is 3. The van der Waals surface area contributed by atoms with Gasteiger partial charge in [-0.2, -0.15) is 0 Å². The maximum atomic E-state index is 13.8. The molecule has 5 nitrogen and oxygen atoms in total. The SMILES string of the molecule is O=C(NC1CC1)/C(=C/c1ccc(C(=O)NCc2ccc(CO)cc2)cc1)c1ccc(F)c(F)c1. The fraction of sp³-hybridized carbons (Fsp3) is 0.185. The molecule has 1 aliphatic carbocycles. The lowest BCUT2D eigenvalue weighted by Crippen LogP contribution is -2.26. The van der Waals surface area contributed by atoms with E-state index in [1.165, 1.54) is 6.07 Å². The topological polar surface area (TPSA) is 78.4 Å². The van der Waals surface area contributed by atoms with Crippen molar-refractivity contribution in [3.63, 3.8) is 0 Å². The van der Waals surface area contributed by atoms with E-state index in [0.29, 0.717) is 17.7 Å². The van der Waals surface area contributed by atoms with Crippen molar-refractivity contribution in [1.29, 1.82) is 0 Å². The summed E-state index contributed by atoms with van der Waals surface area (Å²) in [6.07, 6.45) is 3.38. The standard InChI is InChI=1S/C27H24F2N2O3/c28-24-12-9-21(14-25(24)29)23(27(34)31-22-10-11-22)13-17-5-7-20(8-6-17)26(33)30-15-18-1-3-19(16-32)4-2-18/h1-9,12-14,22,32H,10-11,15-16H2,(H,30,33)(H,31,34)/b23-13+. The molecule has 0 unspecified atom stereocenters. The van der Waals surface area contributed by atoms with Crippen LogP contribution in [-0.4, -0.2) is 23.0 Å². The number of rotatable bonds is 8. The van der Waals surface area contributed by atoms with Crippen molar-refractivity contribution in [2.45, 2.75) is 32.0 Å². The Balaban J connectivity index is 1.48. The molecule has 0 spiro atoms. The number of halogens is 2. The quantitative estimate of drug-likeness (QED) is 0.347. The van der Waals surface area contributed by atoms with Crippen LogP contribution in [0.15, 0.2) is 66.7 Å². The predicted molar refractivity (Wildman–Crippen MR) is 125 cm³/mol. The van der Waals surface area contributed by atoms with Gasteiger partial charge in [-0.15, -0.1) is 0 Å². The van der Waals surface area contributed by atoms with Crippen LogP contribution >= 0.6 is 0 Å². The molecule has 3 N–H and O–H groups in total. The predicted octanol–water partition coefficient (Wildman–Crippen LogP) is 4.21. The first kappa shape index (κ1) is 23.3. The van der Waals surface area contributed by atoms with Gasteiger partial charge in [0.05, 0.1) is 6.61 Å². The molecule has 3 aromatic rings. The second-order valence-corrected chi connectivity index (χ2v) is 8.21. The van der Waals surface area contributed by atoms with Crippen molar-refractivity contribution in [1.82, 2.24) is 10.6 Å². The second-order valence-electron chi connectivity index (χ2n) is 8.21. The molecular formula is C27H24F2N2O3. The smallest absolute Gasteiger partial charge is 0.252 e. The molecule has 7 heteroatoms. The van der Waals surface area contributed by atoms with E-state index in [0.717, 1.165) is 36.1 Å². The summed E-state index contributed by atoms with van der Waals surface area (Å²) in [4.78, 5) is 25.3. The molecule has 4 rings (SSSR count). The number of nitrogens with one attached hydrogen (secondary N) is 2. The van der Waals surface area contributed by atoms with Gasteiger partial charge in [-0.25, -0.2) is 8.78 Å². The van der Waals surface area contributed by atoms with Crippen LogP contribution in [-0.2, 0) is 17.9 Å². The molecule has 2 amide bonds. The Hall–Kier alpha value is -3.84. The summed E-state index contributed by atoms with van der Waals surface area (Å²) in [5.41, 5.74) is 3.28. The highest BCUT2D eigenvalue weighted by atomic mass is 19.2. The zero-order valence-corrected chi connectivity index (χ0v) is 18.4. The van der Waals surface area contributed by atoms with E-state index in [9.17, 15) is 18.4 Å². The Morgan fingerprint density at radius 2 is 1.53 bits per heavy atom. The minimum absolute atomic E-state index is 0.0342. The van der Waals surface area contributed by atoms with Crippen LogP contribution in [0.25, 0.3) is 11.6 Å². The first-order valence-corrected chi connectivity index (χ1v) is 11.0. The van der Waals surface area contributed by atoms with E-state index >= 15 is 0 Å². The molecule has 1 aliphatic rings. The van der Waals surface area contributed by atoms with Gasteiger partial charge in [-0.1, -0.05) is 42.5 Å². The summed E-state index contributed by atoms with van der Waals surface area (Å²) in [5.74, 6) is -2.62. The highest BCUT2D eigenvalue weighted by Gasteiger charge is 2.25. The van der Waals surface area contributed by atoms with Gasteiger partial charge in [0.2, 0.25) is 0 Å². The third kappa shape index (κ3) is 5.94. The van der Waals surface area contributed by atoms with E-state index < -0.39 is 11.6 Å². The Kier molecular flexibility index (Phi) is 7.13. The third-order valence-corrected chi connectivity index (χ3v) is 5.53. The number of amides is 2. The highest BCUT2D eigenvalue weighted by Crippen LogP contribution is 2.24. The molecule has 0 aliphatic heterocycles. The lowest BCUT2D eigenvalue weighted by molar-refractivity contribution is -0.115. The largest absolute Gasteiger partial charge is 0.392 e. The van der Waals surface area contributed by atoms with E-state index in [1.54, 1.807) is 42.5 Å². The Morgan fingerprint density at radius 1 is 0.882 bits per heavy atom. The van der Waals surface area contributed by atoms with Gasteiger partial charge in [0.25, 0.3) is 11.8 Å². The molecular weight excluding hydrogens is 438 g/mol. The van der Waals surface area contributed by atoms with Crippen molar-refractivity contribution in [3.8, 4) is 0 Å². The van der Waals surface area contributed by atoms with Crippen LogP contribution in [0.3, 0.4) is 0 Å². The molecule has 34 heavy (non-hydrogen) atoms. The Bertz CT molecular complexity index is 1220. The van der Waals surface area contributed by atoms with Gasteiger partial charge in [0.15, 0.2) is 11.6 Å². The molecule has 1 saturated carbocycles. The van der Waals surface area contributed by atoms with Crippen LogP contribution in [0, 0.1) is 11.6 Å². The molecule has 1 fully saturated rings. The van der Waals surface area contributed by atoms with Gasteiger partial charge in [-0.05, 0) is 65.4 Å². The maximum Gasteiger partial charge on any atom is 0.252 e. The van der Waals surface area contributed by atoms with E-state index in [2.05, 4.69) is 10.6 Å². The number of carbonyl (C=O) groups is 2. The van der Waals surface area contributed by atoms with Crippen molar-refractivity contribution >= 4 is 23.5 Å². The molecule has 0 radical (unpaired) electrons. The van der Waals surface area contributed by atoms with Gasteiger partial charge < -0.3 is 15.7 Å². The van der Waals surface area contributed by atoms with Gasteiger partial charge in [0.1, 0.15) is 0 Å². The molecule has 174 valence electrons. The van der Waals surface area contributed by atoms with Crippen LogP contribution in [0.5, 0.6) is 0 Å². The molecule has 0 heterocycles. The first-order chi connectivity index (χ1) is 16.4. The summed E-state index contributed by atoms with van der Waals surface area (Å²) in [7, 11) is 0. The number of aliphatic hydroxyl groups excluding tert-OH is 1. The lowest BCUT2D eigenvalue weighted by Gasteiger charge is -2.10. The highest BCUT2D eigenvalue weighted by molar-refractivity contribution is 6.24. The number of hydrogen-bond donors (Lipinski definition) is 3. The number of carbonyl (C=O) groups excluding carboxylic acids is 2. The number of aliphatic hydroxyl groups is 1. The number of hydrogen-bond acceptors (Lipinski definition) is 3. The van der Waals surface area contributed by atoms with Gasteiger partial charge >= 0.3 is 0 Å². The van der Waals surface area contributed by atoms with E-state index in [1.807, 2.05) is 12.1 Å². The van der Waals surface area contributed by atoms with Crippen molar-refractivity contribution in [2.24, 2.45) is 0 Å². The third-order valence-electron chi connectivity index (χ3n) is 5.53. The summed E-state index contributed by atoms with van der Waals surface area (Å²) in [5, 5.41) is 14.8. The fourth-order valence-corrected chi connectivity index (χ4v) is 3.38. The minimum atomic E-state index is -1.03. The van der Waals surface area contributed by atoms with Crippen LogP contribution < -0.4 is 10.6 Å². The molecule has 3 aromatic carbocycles. The second kappa shape index (κ2) is 10.4. The van der Waals surface area contributed by atoms with Gasteiger partial charge in [0, 0.05) is 23.7 Å². The van der Waals surface area contributed by atoms with Crippen LogP contribution in [0.4, 0.5) is 8.78 Å². The lowest BCUT2D eigenvalue weighted by atomic mass is 10.0. The van der Waals surface area contributed by atoms with Crippen LogP contribution in [0.1, 0.15) is 45.5 Å². The normalized spacial score (nSPS) is 13.4. The molecule has 0 bridgehead atoms. The Labute approximate surface area is 196 Å². The van der Waals surface area contributed by atoms with Crippen molar-refractivity contribution in [2.75, 3.05) is 0 Å². The van der Waals surface area contributed by atoms with Crippen molar-refractivity contribution < 1.29 is 23.5 Å². The minimum Gasteiger partial charge on any atom is -0.392 e. The molecule has 0 saturated heterocycles. The summed E-state index contributed by atoms with van der Waals surface area (Å²) >= 11 is 0. The average molecular weight is 462 g/mol. The summed E-state index contributed by atoms with van der Waals surface area (Å²) < 4.78 is 27.2. The molecule has 0 aromatic heterocycles. The fourth-order valence-electron chi connectivity index (χ4n) is 3.38. The van der Waals surface area contributed by atoms with E-state index in [-0.39, 0.29) is 35.6 Å². The first-order valence-electron chi connectivity index (χ1n) is 11.0. The summed E-state index contributed by atoms with van der Waals surface area (Å²) in [6, 6.07) is 17.4. The van der Waals surface area contributed by atoms with Gasteiger partial charge in [-0.3, -0.25) is 9.59 Å². The monoisotopic (exact) mass is 462 g/mol. The molecule has 0 atom stereocenters. The average Bonchev–Trinajstić information content (AvgIpc) is 3.67. The zero-order valence-electron chi connectivity index (χ0n) is 18.4. The zero-order chi connectivity index (χ0) is 24.1.